The van der Waals surface area contributed by atoms with Crippen molar-refractivity contribution in [2.45, 2.75) is 76.4 Å². The number of benzene rings is 2. The van der Waals surface area contributed by atoms with E-state index in [9.17, 15) is 18.8 Å². The maximum absolute atomic E-state index is 14.7. The highest BCUT2D eigenvalue weighted by atomic mass is 35.5. The standard InChI is InChI=1S/C33H36Cl2FN5O4S/c1-17(2)26-27(30(43)40-18(3)5-14-25(40)29(42)39-15-23(36)24(16-39)37-32(44)45)46-31-38-33(4,20-8-12-22(35)13-9-20)28(41(26)31)19-6-10-21(34)11-7-19/h6-13,17-18,23-25,28,37H,5,14-16H2,1-4H3,(H,44,45)/t18-,23-,24-,25+,28-,33+/m1/s1. The van der Waals surface area contributed by atoms with Crippen LogP contribution in [0.1, 0.15) is 57.7 Å². The van der Waals surface area contributed by atoms with Gasteiger partial charge in [-0.05, 0) is 79.8 Å². The molecule has 0 spiro atoms. The summed E-state index contributed by atoms with van der Waals surface area (Å²) in [7, 11) is 0. The minimum atomic E-state index is -1.52. The molecule has 2 aromatic rings. The van der Waals surface area contributed by atoms with Crippen molar-refractivity contribution in [3.63, 3.8) is 0 Å². The lowest BCUT2D eigenvalue weighted by Gasteiger charge is -2.37. The Hall–Kier alpha value is -3.28. The number of carbonyl (C=O) groups excluding carboxylic acids is 2. The zero-order valence-electron chi connectivity index (χ0n) is 25.9. The molecule has 244 valence electrons. The molecule has 4 aliphatic heterocycles. The van der Waals surface area contributed by atoms with Gasteiger partial charge in [-0.1, -0.05) is 61.3 Å². The summed E-state index contributed by atoms with van der Waals surface area (Å²) in [6.07, 6.45) is -1.80. The third-order valence-electron chi connectivity index (χ3n) is 9.42. The molecule has 0 aliphatic carbocycles. The molecule has 2 aromatic carbocycles. The van der Waals surface area contributed by atoms with Crippen molar-refractivity contribution in [3.8, 4) is 0 Å². The number of aliphatic imine (C=N–C) groups is 1. The van der Waals surface area contributed by atoms with Gasteiger partial charge in [0.1, 0.15) is 22.7 Å². The lowest BCUT2D eigenvalue weighted by Crippen LogP contribution is -2.50. The second-order valence-electron chi connectivity index (χ2n) is 12.8. The summed E-state index contributed by atoms with van der Waals surface area (Å²) in [6.45, 7) is 7.79. The predicted molar refractivity (Wildman–Crippen MR) is 177 cm³/mol. The van der Waals surface area contributed by atoms with Crippen molar-refractivity contribution in [1.29, 1.82) is 0 Å². The number of fused-ring (bicyclic) bond motifs is 1. The van der Waals surface area contributed by atoms with Crippen LogP contribution in [-0.4, -0.2) is 80.3 Å². The lowest BCUT2D eigenvalue weighted by molar-refractivity contribution is -0.142. The van der Waals surface area contributed by atoms with Crippen LogP contribution >= 0.6 is 35.0 Å². The molecular weight excluding hydrogens is 652 g/mol. The molecule has 0 bridgehead atoms. The van der Waals surface area contributed by atoms with Gasteiger partial charge in [0.25, 0.3) is 5.91 Å². The Morgan fingerprint density at radius 2 is 1.67 bits per heavy atom. The van der Waals surface area contributed by atoms with Gasteiger partial charge in [-0.3, -0.25) is 9.59 Å². The van der Waals surface area contributed by atoms with Gasteiger partial charge >= 0.3 is 6.09 Å². The normalized spacial score (nSPS) is 29.1. The predicted octanol–water partition coefficient (Wildman–Crippen LogP) is 6.43. The Labute approximate surface area is 281 Å². The molecule has 6 rings (SSSR count). The molecule has 4 aliphatic rings. The summed E-state index contributed by atoms with van der Waals surface area (Å²) < 4.78 is 14.7. The fraction of sp³-hybridized carbons (Fsp3) is 0.455. The largest absolute Gasteiger partial charge is 0.465 e. The van der Waals surface area contributed by atoms with Crippen LogP contribution in [-0.2, 0) is 15.1 Å². The van der Waals surface area contributed by atoms with Crippen LogP contribution in [0.3, 0.4) is 0 Å². The highest BCUT2D eigenvalue weighted by molar-refractivity contribution is 8.18. The Morgan fingerprint density at radius 3 is 2.28 bits per heavy atom. The van der Waals surface area contributed by atoms with Gasteiger partial charge in [-0.25, -0.2) is 14.2 Å². The van der Waals surface area contributed by atoms with Crippen LogP contribution in [0.4, 0.5) is 9.18 Å². The summed E-state index contributed by atoms with van der Waals surface area (Å²) in [4.78, 5) is 50.4. The van der Waals surface area contributed by atoms with Crippen molar-refractivity contribution in [2.24, 2.45) is 10.9 Å². The maximum atomic E-state index is 14.7. The molecule has 13 heteroatoms. The Balaban J connectivity index is 1.36. The lowest BCUT2D eigenvalue weighted by atomic mass is 9.81. The minimum absolute atomic E-state index is 0.0673. The zero-order chi connectivity index (χ0) is 33.1. The van der Waals surface area contributed by atoms with Crippen LogP contribution in [0.5, 0.6) is 0 Å². The van der Waals surface area contributed by atoms with Crippen molar-refractivity contribution in [2.75, 3.05) is 13.1 Å². The highest BCUT2D eigenvalue weighted by Gasteiger charge is 2.54. The number of thioether (sulfide) groups is 1. The monoisotopic (exact) mass is 687 g/mol. The first-order valence-corrected chi connectivity index (χ1v) is 16.9. The van der Waals surface area contributed by atoms with E-state index in [4.69, 9.17) is 33.3 Å². The molecule has 2 N–H and O–H groups in total. The fourth-order valence-electron chi connectivity index (χ4n) is 7.20. The summed E-state index contributed by atoms with van der Waals surface area (Å²) in [6, 6.07) is 13.0. The van der Waals surface area contributed by atoms with Crippen molar-refractivity contribution >= 4 is 58.0 Å². The van der Waals surface area contributed by atoms with Crippen LogP contribution in [0.2, 0.25) is 10.0 Å². The third kappa shape index (κ3) is 5.64. The molecule has 9 nitrogen and oxygen atoms in total. The number of nitrogens with one attached hydrogen (secondary N) is 1. The fourth-order valence-corrected chi connectivity index (χ4v) is 8.80. The van der Waals surface area contributed by atoms with Gasteiger partial charge in [0.05, 0.1) is 18.6 Å². The van der Waals surface area contributed by atoms with Gasteiger partial charge in [-0.15, -0.1) is 0 Å². The molecule has 2 fully saturated rings. The molecule has 46 heavy (non-hydrogen) atoms. The first kappa shape index (κ1) is 32.7. The van der Waals surface area contributed by atoms with Crippen LogP contribution in [0.15, 0.2) is 64.1 Å². The number of amides is 3. The number of carboxylic acid groups (broad SMARTS) is 1. The molecule has 6 atom stereocenters. The minimum Gasteiger partial charge on any atom is -0.465 e. The van der Waals surface area contributed by atoms with E-state index in [0.717, 1.165) is 16.8 Å². The Kier molecular flexibility index (Phi) is 8.80. The first-order chi connectivity index (χ1) is 21.8. The van der Waals surface area contributed by atoms with Gasteiger partial charge in [-0.2, -0.15) is 0 Å². The van der Waals surface area contributed by atoms with Gasteiger partial charge < -0.3 is 25.1 Å². The average Bonchev–Trinajstić information content (AvgIpc) is 3.74. The summed E-state index contributed by atoms with van der Waals surface area (Å²) in [5.74, 6) is -0.687. The molecule has 3 amide bonds. The number of alkyl halides is 1. The van der Waals surface area contributed by atoms with E-state index in [0.29, 0.717) is 33.0 Å². The number of hydrogen-bond acceptors (Lipinski definition) is 6. The number of allylic oxidation sites excluding steroid dienone is 1. The zero-order valence-corrected chi connectivity index (χ0v) is 28.2. The molecule has 0 saturated carbocycles. The maximum Gasteiger partial charge on any atom is 0.405 e. The van der Waals surface area contributed by atoms with Gasteiger partial charge in [0.15, 0.2) is 5.17 Å². The van der Waals surface area contributed by atoms with Crippen LogP contribution in [0, 0.1) is 5.92 Å². The van der Waals surface area contributed by atoms with Crippen molar-refractivity contribution in [1.82, 2.24) is 20.0 Å². The van der Waals surface area contributed by atoms with Crippen LogP contribution < -0.4 is 5.32 Å². The summed E-state index contributed by atoms with van der Waals surface area (Å²) in [5.41, 5.74) is 2.07. The number of nitrogens with zero attached hydrogens (tertiary/aromatic N) is 4. The van der Waals surface area contributed by atoms with E-state index in [1.54, 1.807) is 4.90 Å². The number of hydrogen-bond donors (Lipinski definition) is 2. The molecular formula is C33H36Cl2FN5O4S. The summed E-state index contributed by atoms with van der Waals surface area (Å²) >= 11 is 13.9. The molecule has 0 unspecified atom stereocenters. The number of carbonyl (C=O) groups is 3. The van der Waals surface area contributed by atoms with Gasteiger partial charge in [0.2, 0.25) is 5.91 Å². The van der Waals surface area contributed by atoms with E-state index in [1.165, 1.54) is 16.7 Å². The van der Waals surface area contributed by atoms with Gasteiger partial charge in [0, 0.05) is 28.3 Å². The summed E-state index contributed by atoms with van der Waals surface area (Å²) in [5, 5.41) is 13.2. The molecule has 4 heterocycles. The molecule has 0 aromatic heterocycles. The number of likely N-dealkylation sites (tertiary alicyclic amines) is 2. The molecule has 2 saturated heterocycles. The third-order valence-corrected chi connectivity index (χ3v) is 11.0. The van der Waals surface area contributed by atoms with Crippen LogP contribution in [0.25, 0.3) is 0 Å². The average molecular weight is 689 g/mol. The van der Waals surface area contributed by atoms with E-state index >= 15 is 0 Å². The van der Waals surface area contributed by atoms with E-state index in [2.05, 4.69) is 17.1 Å². The Bertz CT molecular complexity index is 1620. The first-order valence-electron chi connectivity index (χ1n) is 15.4. The number of halogens is 3. The van der Waals surface area contributed by atoms with E-state index < -0.39 is 29.9 Å². The second-order valence-corrected chi connectivity index (χ2v) is 14.7. The van der Waals surface area contributed by atoms with E-state index in [1.807, 2.05) is 69.3 Å². The smallest absolute Gasteiger partial charge is 0.405 e. The highest BCUT2D eigenvalue weighted by Crippen LogP contribution is 2.56. The quantitative estimate of drug-likeness (QED) is 0.363. The number of amidine groups is 1. The van der Waals surface area contributed by atoms with Crippen molar-refractivity contribution < 1.29 is 23.9 Å². The van der Waals surface area contributed by atoms with E-state index in [-0.39, 0.29) is 42.9 Å². The topological polar surface area (TPSA) is 106 Å². The second kappa shape index (κ2) is 12.4. The number of rotatable bonds is 6. The van der Waals surface area contributed by atoms with Crippen molar-refractivity contribution in [3.05, 3.63) is 80.3 Å². The SMILES string of the molecule is CC(C)C1=C(C(=O)N2[C@H](C)CC[C@H]2C(=O)N2C[C@@H](F)[C@H](NC(=O)O)C2)SC2=N[C@@](C)(c3ccc(Cl)cc3)[C@@H](c3ccc(Cl)cc3)N21. The Morgan fingerprint density at radius 1 is 1.04 bits per heavy atom. The molecule has 0 radical (unpaired) electrons.